The van der Waals surface area contributed by atoms with Crippen molar-refractivity contribution in [2.45, 2.75) is 31.7 Å². The van der Waals surface area contributed by atoms with Gasteiger partial charge in [0.2, 0.25) is 0 Å². The monoisotopic (exact) mass is 228 g/mol. The van der Waals surface area contributed by atoms with E-state index in [2.05, 4.69) is 15.4 Å². The van der Waals surface area contributed by atoms with Crippen molar-refractivity contribution in [3.8, 4) is 0 Å². The molecule has 0 radical (unpaired) electrons. The van der Waals surface area contributed by atoms with Crippen LogP contribution in [0.2, 0.25) is 0 Å². The lowest BCUT2D eigenvalue weighted by Crippen LogP contribution is -2.24. The number of rotatable bonds is 4. The van der Waals surface area contributed by atoms with Crippen molar-refractivity contribution in [2.75, 3.05) is 5.32 Å². The Morgan fingerprint density at radius 1 is 1.18 bits per heavy atom. The molecule has 4 nitrogen and oxygen atoms in total. The van der Waals surface area contributed by atoms with Crippen LogP contribution in [0.25, 0.3) is 5.65 Å². The molecule has 0 bridgehead atoms. The zero-order valence-corrected chi connectivity index (χ0v) is 9.71. The van der Waals surface area contributed by atoms with Gasteiger partial charge in [-0.25, -0.2) is 9.50 Å². The van der Waals surface area contributed by atoms with Crippen LogP contribution in [0.5, 0.6) is 0 Å². The molecule has 2 fully saturated rings. The fourth-order valence-electron chi connectivity index (χ4n) is 2.60. The van der Waals surface area contributed by atoms with Gasteiger partial charge in [-0.15, -0.1) is 0 Å². The third-order valence-electron chi connectivity index (χ3n) is 3.83. The number of nitrogens with zero attached hydrogens (tertiary/aromatic N) is 3. The number of fused-ring (bicyclic) bond motifs is 1. The molecule has 0 amide bonds. The molecule has 88 valence electrons. The normalized spacial score (nSPS) is 20.1. The number of aromatic nitrogens is 3. The quantitative estimate of drug-likeness (QED) is 0.873. The summed E-state index contributed by atoms with van der Waals surface area (Å²) in [5.41, 5.74) is 0.917. The summed E-state index contributed by atoms with van der Waals surface area (Å²) in [5, 5.41) is 7.79. The molecule has 0 unspecified atom stereocenters. The van der Waals surface area contributed by atoms with Gasteiger partial charge in [0.25, 0.3) is 0 Å². The second kappa shape index (κ2) is 3.45. The van der Waals surface area contributed by atoms with Crippen LogP contribution in [0.1, 0.15) is 25.7 Å². The lowest BCUT2D eigenvalue weighted by Gasteiger charge is -2.18. The molecule has 2 aliphatic rings. The van der Waals surface area contributed by atoms with Crippen LogP contribution in [-0.4, -0.2) is 20.6 Å². The van der Waals surface area contributed by atoms with Gasteiger partial charge in [-0.2, -0.15) is 5.10 Å². The molecule has 1 N–H and O–H groups in total. The number of hydrogen-bond donors (Lipinski definition) is 1. The van der Waals surface area contributed by atoms with Crippen LogP contribution in [0, 0.1) is 11.8 Å². The van der Waals surface area contributed by atoms with E-state index in [1.54, 1.807) is 10.7 Å². The van der Waals surface area contributed by atoms with E-state index in [1.165, 1.54) is 25.7 Å². The molecule has 0 aliphatic heterocycles. The smallest absolute Gasteiger partial charge is 0.157 e. The minimum atomic E-state index is 0.660. The van der Waals surface area contributed by atoms with Gasteiger partial charge in [-0.3, -0.25) is 0 Å². The van der Waals surface area contributed by atoms with Gasteiger partial charge < -0.3 is 5.32 Å². The predicted molar refractivity (Wildman–Crippen MR) is 65.8 cm³/mol. The molecule has 0 aromatic carbocycles. The van der Waals surface area contributed by atoms with Gasteiger partial charge in [0, 0.05) is 18.3 Å². The van der Waals surface area contributed by atoms with Crippen LogP contribution < -0.4 is 5.32 Å². The van der Waals surface area contributed by atoms with E-state index in [4.69, 9.17) is 0 Å². The first-order valence-corrected chi connectivity index (χ1v) is 6.47. The number of nitrogens with one attached hydrogen (secondary N) is 1. The Morgan fingerprint density at radius 3 is 2.65 bits per heavy atom. The summed E-state index contributed by atoms with van der Waals surface area (Å²) in [4.78, 5) is 4.58. The maximum atomic E-state index is 4.58. The Bertz CT molecular complexity index is 527. The van der Waals surface area contributed by atoms with Gasteiger partial charge in [-0.1, -0.05) is 0 Å². The highest BCUT2D eigenvalue weighted by Gasteiger charge is 2.41. The first-order valence-electron chi connectivity index (χ1n) is 6.47. The van der Waals surface area contributed by atoms with Crippen LogP contribution in [-0.2, 0) is 0 Å². The zero-order valence-electron chi connectivity index (χ0n) is 9.71. The largest absolute Gasteiger partial charge is 0.367 e. The third-order valence-corrected chi connectivity index (χ3v) is 3.83. The SMILES string of the molecule is c1cc2nc(NC(C3CC3)C3CC3)ccn2n1. The summed E-state index contributed by atoms with van der Waals surface area (Å²) in [6.07, 6.45) is 9.32. The van der Waals surface area contributed by atoms with E-state index in [0.29, 0.717) is 6.04 Å². The van der Waals surface area contributed by atoms with Crippen molar-refractivity contribution in [3.05, 3.63) is 24.5 Å². The lowest BCUT2D eigenvalue weighted by atomic mass is 10.1. The fourth-order valence-corrected chi connectivity index (χ4v) is 2.60. The molecule has 4 heteroatoms. The topological polar surface area (TPSA) is 42.2 Å². The van der Waals surface area contributed by atoms with Crippen LogP contribution >= 0.6 is 0 Å². The second-order valence-corrected chi connectivity index (χ2v) is 5.29. The third kappa shape index (κ3) is 1.77. The predicted octanol–water partition coefficient (Wildman–Crippen LogP) is 2.33. The van der Waals surface area contributed by atoms with Crippen molar-refractivity contribution in [1.82, 2.24) is 14.6 Å². The minimum absolute atomic E-state index is 0.660. The highest BCUT2D eigenvalue weighted by atomic mass is 15.2. The Hall–Kier alpha value is -1.58. The summed E-state index contributed by atoms with van der Waals surface area (Å²) in [6.45, 7) is 0. The van der Waals surface area contributed by atoms with Crippen molar-refractivity contribution in [1.29, 1.82) is 0 Å². The molecule has 0 atom stereocenters. The highest BCUT2D eigenvalue weighted by molar-refractivity contribution is 5.46. The number of hydrogen-bond acceptors (Lipinski definition) is 3. The molecular weight excluding hydrogens is 212 g/mol. The number of anilines is 1. The highest BCUT2D eigenvalue weighted by Crippen LogP contribution is 2.45. The molecule has 2 aromatic rings. The van der Waals surface area contributed by atoms with Gasteiger partial charge in [0.15, 0.2) is 5.65 Å². The summed E-state index contributed by atoms with van der Waals surface area (Å²) < 4.78 is 1.80. The second-order valence-electron chi connectivity index (χ2n) is 5.29. The molecule has 0 spiro atoms. The summed E-state index contributed by atoms with van der Waals surface area (Å²) in [6, 6.07) is 4.62. The average molecular weight is 228 g/mol. The van der Waals surface area contributed by atoms with Gasteiger partial charge >= 0.3 is 0 Å². The average Bonchev–Trinajstić information content (AvgIpc) is 3.24. The Labute approximate surface area is 100 Å². The Kier molecular flexibility index (Phi) is 1.92. The minimum Gasteiger partial charge on any atom is -0.367 e. The first kappa shape index (κ1) is 9.45. The first-order chi connectivity index (χ1) is 8.40. The van der Waals surface area contributed by atoms with Crippen molar-refractivity contribution < 1.29 is 0 Å². The van der Waals surface area contributed by atoms with Crippen LogP contribution in [0.4, 0.5) is 5.82 Å². The van der Waals surface area contributed by atoms with E-state index >= 15 is 0 Å². The van der Waals surface area contributed by atoms with E-state index in [-0.39, 0.29) is 0 Å². The van der Waals surface area contributed by atoms with Crippen LogP contribution in [0.3, 0.4) is 0 Å². The van der Waals surface area contributed by atoms with Gasteiger partial charge in [0.05, 0.1) is 6.20 Å². The lowest BCUT2D eigenvalue weighted by molar-refractivity contribution is 0.565. The zero-order chi connectivity index (χ0) is 11.2. The van der Waals surface area contributed by atoms with E-state index < -0.39 is 0 Å². The summed E-state index contributed by atoms with van der Waals surface area (Å²) in [5.74, 6) is 2.79. The van der Waals surface area contributed by atoms with Gasteiger partial charge in [-0.05, 0) is 43.6 Å². The van der Waals surface area contributed by atoms with Gasteiger partial charge in [0.1, 0.15) is 5.82 Å². The standard InChI is InChI=1S/C13H16N4/c1-2-9(1)13(10-3-4-10)16-11-6-8-17-12(15-11)5-7-14-17/h5-10,13H,1-4H2,(H,15,16). The molecule has 0 saturated heterocycles. The molecule has 2 aliphatic carbocycles. The Morgan fingerprint density at radius 2 is 1.94 bits per heavy atom. The maximum Gasteiger partial charge on any atom is 0.157 e. The summed E-state index contributed by atoms with van der Waals surface area (Å²) in [7, 11) is 0. The Balaban J connectivity index is 1.59. The molecule has 2 heterocycles. The van der Waals surface area contributed by atoms with Crippen LogP contribution in [0.15, 0.2) is 24.5 Å². The molecule has 17 heavy (non-hydrogen) atoms. The van der Waals surface area contributed by atoms with Crippen molar-refractivity contribution >= 4 is 11.5 Å². The van der Waals surface area contributed by atoms with Crippen molar-refractivity contribution in [2.24, 2.45) is 11.8 Å². The molecule has 4 rings (SSSR count). The molecule has 2 saturated carbocycles. The fraction of sp³-hybridized carbons (Fsp3) is 0.538. The molecule has 2 aromatic heterocycles. The van der Waals surface area contributed by atoms with Crippen molar-refractivity contribution in [3.63, 3.8) is 0 Å². The summed E-state index contributed by atoms with van der Waals surface area (Å²) >= 11 is 0. The van der Waals surface area contributed by atoms with E-state index in [9.17, 15) is 0 Å². The maximum absolute atomic E-state index is 4.58. The van der Waals surface area contributed by atoms with E-state index in [1.807, 2.05) is 18.3 Å². The molecular formula is C13H16N4. The van der Waals surface area contributed by atoms with E-state index in [0.717, 1.165) is 23.3 Å².